The minimum atomic E-state index is -3.00. The SMILES string of the molecule is CS(=O)(=O)CCNC(=O)C[C@@H]1CCC[C@H]1N.Cl. The number of sulfone groups is 1. The molecule has 0 bridgehead atoms. The molecule has 3 N–H and O–H groups in total. The highest BCUT2D eigenvalue weighted by molar-refractivity contribution is 7.90. The van der Waals surface area contributed by atoms with Gasteiger partial charge in [-0.1, -0.05) is 6.42 Å². The molecule has 1 fully saturated rings. The number of halogens is 1. The smallest absolute Gasteiger partial charge is 0.220 e. The molecule has 0 aliphatic heterocycles. The van der Waals surface area contributed by atoms with Crippen LogP contribution in [0.15, 0.2) is 0 Å². The molecular formula is C10H21ClN2O3S. The van der Waals surface area contributed by atoms with Crippen LogP contribution in [-0.2, 0) is 14.6 Å². The van der Waals surface area contributed by atoms with Crippen molar-refractivity contribution in [1.82, 2.24) is 5.32 Å². The van der Waals surface area contributed by atoms with Gasteiger partial charge in [0.15, 0.2) is 0 Å². The van der Waals surface area contributed by atoms with Crippen molar-refractivity contribution in [3.05, 3.63) is 0 Å². The van der Waals surface area contributed by atoms with Gasteiger partial charge in [-0.15, -0.1) is 12.4 Å². The Hall–Kier alpha value is -0.330. The number of carbonyl (C=O) groups is 1. The minimum Gasteiger partial charge on any atom is -0.355 e. The lowest BCUT2D eigenvalue weighted by Crippen LogP contribution is -2.33. The van der Waals surface area contributed by atoms with Crippen LogP contribution in [0.4, 0.5) is 0 Å². The van der Waals surface area contributed by atoms with Gasteiger partial charge in [0.05, 0.1) is 5.75 Å². The van der Waals surface area contributed by atoms with Gasteiger partial charge in [0.25, 0.3) is 0 Å². The predicted octanol–water partition coefficient (Wildman–Crippen LogP) is 0.0865. The van der Waals surface area contributed by atoms with Crippen molar-refractivity contribution in [2.45, 2.75) is 31.7 Å². The Morgan fingerprint density at radius 3 is 2.53 bits per heavy atom. The summed E-state index contributed by atoms with van der Waals surface area (Å²) in [4.78, 5) is 11.5. The van der Waals surface area contributed by atoms with E-state index >= 15 is 0 Å². The topological polar surface area (TPSA) is 89.3 Å². The summed E-state index contributed by atoms with van der Waals surface area (Å²) in [6.45, 7) is 0.194. The number of amides is 1. The van der Waals surface area contributed by atoms with E-state index in [0.29, 0.717) is 6.42 Å². The van der Waals surface area contributed by atoms with Gasteiger partial charge in [0.2, 0.25) is 5.91 Å². The van der Waals surface area contributed by atoms with Gasteiger partial charge < -0.3 is 11.1 Å². The first-order valence-electron chi connectivity index (χ1n) is 5.58. The third-order valence-electron chi connectivity index (χ3n) is 2.96. The molecule has 1 rings (SSSR count). The first-order chi connectivity index (χ1) is 7.38. The van der Waals surface area contributed by atoms with E-state index in [1.54, 1.807) is 0 Å². The van der Waals surface area contributed by atoms with Crippen molar-refractivity contribution < 1.29 is 13.2 Å². The molecule has 1 saturated carbocycles. The second-order valence-corrected chi connectivity index (χ2v) is 6.80. The summed E-state index contributed by atoms with van der Waals surface area (Å²) < 4.78 is 21.7. The van der Waals surface area contributed by atoms with Crippen molar-refractivity contribution in [3.8, 4) is 0 Å². The summed E-state index contributed by atoms with van der Waals surface area (Å²) >= 11 is 0. The molecule has 0 aromatic heterocycles. The quantitative estimate of drug-likeness (QED) is 0.749. The Bertz CT molecular complexity index is 345. The summed E-state index contributed by atoms with van der Waals surface area (Å²) in [5.41, 5.74) is 5.85. The average molecular weight is 285 g/mol. The van der Waals surface area contributed by atoms with Crippen LogP contribution in [-0.4, -0.2) is 38.9 Å². The molecule has 0 aromatic carbocycles. The molecule has 0 spiro atoms. The Morgan fingerprint density at radius 2 is 2.06 bits per heavy atom. The zero-order valence-electron chi connectivity index (χ0n) is 10.0. The second kappa shape index (κ2) is 7.18. The first kappa shape index (κ1) is 16.7. The first-order valence-corrected chi connectivity index (χ1v) is 7.64. The molecule has 1 aliphatic rings. The van der Waals surface area contributed by atoms with Gasteiger partial charge >= 0.3 is 0 Å². The molecule has 1 amide bonds. The fraction of sp³-hybridized carbons (Fsp3) is 0.900. The number of nitrogens with one attached hydrogen (secondary N) is 1. The molecule has 0 heterocycles. The van der Waals surface area contributed by atoms with Crippen molar-refractivity contribution >= 4 is 28.2 Å². The maximum atomic E-state index is 11.5. The molecule has 102 valence electrons. The van der Waals surface area contributed by atoms with Gasteiger partial charge in [0, 0.05) is 25.3 Å². The third-order valence-corrected chi connectivity index (χ3v) is 3.91. The van der Waals surface area contributed by atoms with E-state index < -0.39 is 9.84 Å². The number of nitrogens with two attached hydrogens (primary N) is 1. The Labute approximate surface area is 109 Å². The van der Waals surface area contributed by atoms with Crippen LogP contribution in [0.2, 0.25) is 0 Å². The fourth-order valence-electron chi connectivity index (χ4n) is 2.01. The highest BCUT2D eigenvalue weighted by atomic mass is 35.5. The molecule has 17 heavy (non-hydrogen) atoms. The lowest BCUT2D eigenvalue weighted by molar-refractivity contribution is -0.121. The molecule has 0 saturated heterocycles. The fourth-order valence-corrected chi connectivity index (χ4v) is 2.48. The standard InChI is InChI=1S/C10H20N2O3S.ClH/c1-16(14,15)6-5-12-10(13)7-8-3-2-4-9(8)11;/h8-9H,2-7,11H2,1H3,(H,12,13);1H/t8-,9+;/m0./s1. The van der Waals surface area contributed by atoms with E-state index in [4.69, 9.17) is 5.73 Å². The highest BCUT2D eigenvalue weighted by Gasteiger charge is 2.25. The van der Waals surface area contributed by atoms with E-state index in [1.807, 2.05) is 0 Å². The van der Waals surface area contributed by atoms with Crippen molar-refractivity contribution in [2.75, 3.05) is 18.6 Å². The second-order valence-electron chi connectivity index (χ2n) is 4.54. The van der Waals surface area contributed by atoms with Crippen molar-refractivity contribution in [2.24, 2.45) is 11.7 Å². The van der Waals surface area contributed by atoms with Gasteiger partial charge in [-0.05, 0) is 18.8 Å². The molecule has 0 unspecified atom stereocenters. The Kier molecular flexibility index (Phi) is 7.04. The van der Waals surface area contributed by atoms with Gasteiger partial charge in [0.1, 0.15) is 9.84 Å². The van der Waals surface area contributed by atoms with Crippen LogP contribution in [0, 0.1) is 5.92 Å². The lowest BCUT2D eigenvalue weighted by atomic mass is 10.00. The van der Waals surface area contributed by atoms with Crippen LogP contribution in [0.5, 0.6) is 0 Å². The lowest BCUT2D eigenvalue weighted by Gasteiger charge is -2.14. The predicted molar refractivity (Wildman–Crippen MR) is 69.9 cm³/mol. The number of rotatable bonds is 5. The maximum Gasteiger partial charge on any atom is 0.220 e. The van der Waals surface area contributed by atoms with Crippen LogP contribution >= 0.6 is 12.4 Å². The number of hydrogen-bond acceptors (Lipinski definition) is 4. The molecule has 2 atom stereocenters. The Morgan fingerprint density at radius 1 is 1.41 bits per heavy atom. The van der Waals surface area contributed by atoms with Gasteiger partial charge in [-0.3, -0.25) is 4.79 Å². The minimum absolute atomic E-state index is 0. The highest BCUT2D eigenvalue weighted by Crippen LogP contribution is 2.26. The summed E-state index contributed by atoms with van der Waals surface area (Å²) in [6.07, 6.45) is 4.65. The largest absolute Gasteiger partial charge is 0.355 e. The van der Waals surface area contributed by atoms with Crippen LogP contribution in [0.25, 0.3) is 0 Å². The summed E-state index contributed by atoms with van der Waals surface area (Å²) in [5.74, 6) is 0.166. The third kappa shape index (κ3) is 6.85. The van der Waals surface area contributed by atoms with E-state index in [9.17, 15) is 13.2 Å². The monoisotopic (exact) mass is 284 g/mol. The van der Waals surface area contributed by atoms with Crippen LogP contribution in [0.3, 0.4) is 0 Å². The molecular weight excluding hydrogens is 264 g/mol. The van der Waals surface area contributed by atoms with Crippen LogP contribution < -0.4 is 11.1 Å². The molecule has 0 aromatic rings. The zero-order chi connectivity index (χ0) is 12.2. The molecule has 5 nitrogen and oxygen atoms in total. The van der Waals surface area contributed by atoms with Crippen LogP contribution in [0.1, 0.15) is 25.7 Å². The van der Waals surface area contributed by atoms with Crippen molar-refractivity contribution in [3.63, 3.8) is 0 Å². The maximum absolute atomic E-state index is 11.5. The average Bonchev–Trinajstić information content (AvgIpc) is 2.49. The normalized spacial score (nSPS) is 24.1. The van der Waals surface area contributed by atoms with Gasteiger partial charge in [-0.2, -0.15) is 0 Å². The number of hydrogen-bond donors (Lipinski definition) is 2. The van der Waals surface area contributed by atoms with E-state index in [0.717, 1.165) is 25.5 Å². The summed E-state index contributed by atoms with van der Waals surface area (Å²) in [7, 11) is -3.00. The number of carbonyl (C=O) groups excluding carboxylic acids is 1. The van der Waals surface area contributed by atoms with E-state index in [-0.39, 0.29) is 42.6 Å². The van der Waals surface area contributed by atoms with Crippen molar-refractivity contribution in [1.29, 1.82) is 0 Å². The summed E-state index contributed by atoms with van der Waals surface area (Å²) in [5, 5.41) is 2.61. The molecule has 1 aliphatic carbocycles. The molecule has 7 heteroatoms. The van der Waals surface area contributed by atoms with E-state index in [2.05, 4.69) is 5.32 Å². The zero-order valence-corrected chi connectivity index (χ0v) is 11.6. The Balaban J connectivity index is 0.00000256. The summed E-state index contributed by atoms with van der Waals surface area (Å²) in [6, 6.07) is 0.126. The molecule has 0 radical (unpaired) electrons. The van der Waals surface area contributed by atoms with E-state index in [1.165, 1.54) is 0 Å². The van der Waals surface area contributed by atoms with Gasteiger partial charge in [-0.25, -0.2) is 8.42 Å².